The molecule has 0 atom stereocenters. The first-order chi connectivity index (χ1) is 12.7. The second-order valence-corrected chi connectivity index (χ2v) is 7.88. The van der Waals surface area contributed by atoms with E-state index in [1.807, 2.05) is 29.2 Å². The van der Waals surface area contributed by atoms with Gasteiger partial charge in [-0.3, -0.25) is 14.6 Å². The van der Waals surface area contributed by atoms with Crippen molar-refractivity contribution in [3.05, 3.63) is 59.7 Å². The number of carbonyl (C=O) groups excluding carboxylic acids is 1. The Labute approximate surface area is 158 Å². The summed E-state index contributed by atoms with van der Waals surface area (Å²) < 4.78 is 1.13. The van der Waals surface area contributed by atoms with Crippen LogP contribution in [0.1, 0.15) is 24.0 Å². The van der Waals surface area contributed by atoms with Gasteiger partial charge in [0, 0.05) is 0 Å². The average molecular weight is 366 g/mol. The number of amides is 1. The molecular weight excluding hydrogens is 342 g/mol. The van der Waals surface area contributed by atoms with Gasteiger partial charge >= 0.3 is 0 Å². The van der Waals surface area contributed by atoms with Crippen molar-refractivity contribution in [1.29, 1.82) is 0 Å². The highest BCUT2D eigenvalue weighted by Gasteiger charge is 2.24. The molecule has 134 valence electrons. The van der Waals surface area contributed by atoms with Crippen LogP contribution in [0.5, 0.6) is 0 Å². The monoisotopic (exact) mass is 365 g/mol. The molecule has 0 unspecified atom stereocenters. The first kappa shape index (κ1) is 17.2. The van der Waals surface area contributed by atoms with Gasteiger partial charge < -0.3 is 0 Å². The molecule has 0 saturated carbocycles. The zero-order chi connectivity index (χ0) is 17.9. The number of thiazole rings is 1. The molecule has 26 heavy (non-hydrogen) atoms. The lowest BCUT2D eigenvalue weighted by atomic mass is 10.2. The van der Waals surface area contributed by atoms with E-state index in [0.29, 0.717) is 13.1 Å². The summed E-state index contributed by atoms with van der Waals surface area (Å²) in [5.74, 6) is 0.132. The van der Waals surface area contributed by atoms with Gasteiger partial charge in [-0.25, -0.2) is 4.98 Å². The van der Waals surface area contributed by atoms with Crippen LogP contribution >= 0.6 is 11.3 Å². The minimum Gasteiger partial charge on any atom is -0.294 e. The normalized spacial score (nSPS) is 14.8. The third-order valence-electron chi connectivity index (χ3n) is 4.88. The van der Waals surface area contributed by atoms with Gasteiger partial charge in [0.1, 0.15) is 0 Å². The molecule has 4 nitrogen and oxygen atoms in total. The fraction of sp³-hybridized carbons (Fsp3) is 0.333. The van der Waals surface area contributed by atoms with Gasteiger partial charge in [0.15, 0.2) is 5.13 Å². The predicted octanol–water partition coefficient (Wildman–Crippen LogP) is 4.23. The Morgan fingerprint density at radius 1 is 1.12 bits per heavy atom. The first-order valence-corrected chi connectivity index (χ1v) is 9.95. The molecule has 0 bridgehead atoms. The number of rotatable bonds is 5. The number of para-hydroxylation sites is 1. The number of nitrogens with zero attached hydrogens (tertiary/aromatic N) is 3. The molecule has 4 rings (SSSR count). The molecule has 1 aromatic heterocycles. The van der Waals surface area contributed by atoms with Crippen LogP contribution in [0.15, 0.2) is 48.5 Å². The van der Waals surface area contributed by atoms with Crippen molar-refractivity contribution in [3.8, 4) is 0 Å². The number of anilines is 1. The summed E-state index contributed by atoms with van der Waals surface area (Å²) in [5.41, 5.74) is 3.27. The number of fused-ring (bicyclic) bond motifs is 1. The topological polar surface area (TPSA) is 36.4 Å². The fourth-order valence-corrected chi connectivity index (χ4v) is 4.50. The standard InChI is InChI=1S/C21H23N3OS/c1-16-8-7-11-18-20(16)22-21(26-18)24(14-17-9-3-2-4-10-17)19(25)15-23-12-5-6-13-23/h2-4,7-11H,5-6,12-15H2,1H3. The molecular formula is C21H23N3OS. The van der Waals surface area contributed by atoms with Crippen LogP contribution in [-0.2, 0) is 11.3 Å². The Balaban J connectivity index is 1.66. The van der Waals surface area contributed by atoms with E-state index >= 15 is 0 Å². The summed E-state index contributed by atoms with van der Waals surface area (Å²) in [6.07, 6.45) is 2.37. The van der Waals surface area contributed by atoms with Crippen molar-refractivity contribution < 1.29 is 4.79 Å². The summed E-state index contributed by atoms with van der Waals surface area (Å²) in [5, 5.41) is 0.794. The summed E-state index contributed by atoms with van der Waals surface area (Å²) in [4.78, 5) is 22.0. The van der Waals surface area contributed by atoms with Gasteiger partial charge in [0.25, 0.3) is 0 Å². The van der Waals surface area contributed by atoms with E-state index in [1.54, 1.807) is 11.3 Å². The molecule has 0 spiro atoms. The molecule has 0 aliphatic carbocycles. The number of hydrogen-bond donors (Lipinski definition) is 0. The maximum atomic E-state index is 13.1. The Kier molecular flexibility index (Phi) is 5.00. The Hall–Kier alpha value is -2.24. The number of likely N-dealkylation sites (tertiary alicyclic amines) is 1. The lowest BCUT2D eigenvalue weighted by molar-refractivity contribution is -0.119. The number of carbonyl (C=O) groups is 1. The van der Waals surface area contributed by atoms with Gasteiger partial charge in [-0.15, -0.1) is 0 Å². The molecule has 0 N–H and O–H groups in total. The van der Waals surface area contributed by atoms with Crippen molar-refractivity contribution in [2.45, 2.75) is 26.3 Å². The van der Waals surface area contributed by atoms with Gasteiger partial charge in [0.2, 0.25) is 5.91 Å². The third kappa shape index (κ3) is 3.64. The molecule has 0 radical (unpaired) electrons. The van der Waals surface area contributed by atoms with Crippen molar-refractivity contribution in [1.82, 2.24) is 9.88 Å². The SMILES string of the molecule is Cc1cccc2sc(N(Cc3ccccc3)C(=O)CN3CCCC3)nc12. The molecule has 3 aromatic rings. The van der Waals surface area contributed by atoms with Crippen LogP contribution in [0.3, 0.4) is 0 Å². The van der Waals surface area contributed by atoms with Crippen LogP contribution in [0.2, 0.25) is 0 Å². The molecule has 5 heteroatoms. The molecule has 2 heterocycles. The number of aryl methyl sites for hydroxylation is 1. The van der Waals surface area contributed by atoms with E-state index in [-0.39, 0.29) is 5.91 Å². The maximum Gasteiger partial charge on any atom is 0.243 e. The zero-order valence-corrected chi connectivity index (χ0v) is 15.8. The fourth-order valence-electron chi connectivity index (χ4n) is 3.44. The lowest BCUT2D eigenvalue weighted by Gasteiger charge is -2.23. The Bertz CT molecular complexity index is 900. The molecule has 1 aliphatic heterocycles. The van der Waals surface area contributed by atoms with E-state index in [2.05, 4.69) is 36.1 Å². The highest BCUT2D eigenvalue weighted by atomic mass is 32.1. The number of hydrogen-bond acceptors (Lipinski definition) is 4. The summed E-state index contributed by atoms with van der Waals surface area (Å²) in [7, 11) is 0. The van der Waals surface area contributed by atoms with Gasteiger partial charge in [-0.2, -0.15) is 0 Å². The predicted molar refractivity (Wildman–Crippen MR) is 108 cm³/mol. The third-order valence-corrected chi connectivity index (χ3v) is 5.93. The molecule has 1 fully saturated rings. The van der Waals surface area contributed by atoms with Crippen LogP contribution < -0.4 is 4.90 Å². The maximum absolute atomic E-state index is 13.1. The average Bonchev–Trinajstić information content (AvgIpc) is 3.30. The van der Waals surface area contributed by atoms with E-state index in [4.69, 9.17) is 4.98 Å². The smallest absolute Gasteiger partial charge is 0.243 e. The Morgan fingerprint density at radius 3 is 2.62 bits per heavy atom. The minimum absolute atomic E-state index is 0.132. The van der Waals surface area contributed by atoms with Crippen molar-refractivity contribution in [3.63, 3.8) is 0 Å². The minimum atomic E-state index is 0.132. The molecule has 2 aromatic carbocycles. The van der Waals surface area contributed by atoms with Crippen molar-refractivity contribution >= 4 is 32.6 Å². The van der Waals surface area contributed by atoms with E-state index in [0.717, 1.165) is 39.6 Å². The van der Waals surface area contributed by atoms with Crippen LogP contribution in [0.25, 0.3) is 10.2 Å². The number of benzene rings is 2. The van der Waals surface area contributed by atoms with Crippen LogP contribution in [0, 0.1) is 6.92 Å². The molecule has 1 amide bonds. The van der Waals surface area contributed by atoms with Gasteiger partial charge in [0.05, 0.1) is 23.3 Å². The zero-order valence-electron chi connectivity index (χ0n) is 15.0. The highest BCUT2D eigenvalue weighted by molar-refractivity contribution is 7.22. The summed E-state index contributed by atoms with van der Waals surface area (Å²) in [6, 6.07) is 16.4. The second kappa shape index (κ2) is 7.56. The summed E-state index contributed by atoms with van der Waals surface area (Å²) in [6.45, 7) is 5.14. The van der Waals surface area contributed by atoms with Gasteiger partial charge in [-0.05, 0) is 50.0 Å². The second-order valence-electron chi connectivity index (χ2n) is 6.87. The van der Waals surface area contributed by atoms with E-state index in [9.17, 15) is 4.79 Å². The van der Waals surface area contributed by atoms with Crippen molar-refractivity contribution in [2.75, 3.05) is 24.5 Å². The molecule has 1 aliphatic rings. The van der Waals surface area contributed by atoms with E-state index in [1.165, 1.54) is 12.8 Å². The quantitative estimate of drug-likeness (QED) is 0.679. The Morgan fingerprint density at radius 2 is 1.88 bits per heavy atom. The van der Waals surface area contributed by atoms with E-state index < -0.39 is 0 Å². The summed E-state index contributed by atoms with van der Waals surface area (Å²) >= 11 is 1.60. The largest absolute Gasteiger partial charge is 0.294 e. The first-order valence-electron chi connectivity index (χ1n) is 9.13. The number of aromatic nitrogens is 1. The van der Waals surface area contributed by atoms with Crippen LogP contribution in [-0.4, -0.2) is 35.4 Å². The van der Waals surface area contributed by atoms with Crippen LogP contribution in [0.4, 0.5) is 5.13 Å². The molecule has 1 saturated heterocycles. The lowest BCUT2D eigenvalue weighted by Crippen LogP contribution is -2.39. The highest BCUT2D eigenvalue weighted by Crippen LogP contribution is 2.31. The van der Waals surface area contributed by atoms with Gasteiger partial charge in [-0.1, -0.05) is 53.8 Å². The van der Waals surface area contributed by atoms with Crippen molar-refractivity contribution in [2.24, 2.45) is 0 Å².